The van der Waals surface area contributed by atoms with Gasteiger partial charge in [0.05, 0.1) is 27.2 Å². The Hall–Kier alpha value is -2.89. The summed E-state index contributed by atoms with van der Waals surface area (Å²) in [7, 11) is 4.44. The van der Waals surface area contributed by atoms with Crippen LogP contribution in [0.3, 0.4) is 0 Å². The van der Waals surface area contributed by atoms with Crippen LogP contribution in [0, 0.1) is 0 Å². The number of carboxylic acids is 1. The lowest BCUT2D eigenvalue weighted by atomic mass is 9.90. The number of aromatic hydroxyl groups is 1. The van der Waals surface area contributed by atoms with Crippen molar-refractivity contribution >= 4 is 5.97 Å². The Morgan fingerprint density at radius 2 is 1.75 bits per heavy atom. The summed E-state index contributed by atoms with van der Waals surface area (Å²) >= 11 is 0. The van der Waals surface area contributed by atoms with Gasteiger partial charge in [-0.1, -0.05) is 18.2 Å². The third-order valence-corrected chi connectivity index (χ3v) is 3.84. The maximum absolute atomic E-state index is 11.8. The Morgan fingerprint density at radius 3 is 2.33 bits per heavy atom. The van der Waals surface area contributed by atoms with Crippen molar-refractivity contribution in [1.29, 1.82) is 0 Å². The van der Waals surface area contributed by atoms with Crippen LogP contribution in [0.4, 0.5) is 0 Å². The van der Waals surface area contributed by atoms with E-state index in [0.717, 1.165) is 0 Å². The molecule has 6 heteroatoms. The molecule has 0 radical (unpaired) electrons. The van der Waals surface area contributed by atoms with Crippen molar-refractivity contribution in [3.63, 3.8) is 0 Å². The minimum atomic E-state index is -1.01. The van der Waals surface area contributed by atoms with E-state index in [1.54, 1.807) is 36.4 Å². The second-order valence-corrected chi connectivity index (χ2v) is 5.17. The lowest BCUT2D eigenvalue weighted by Crippen LogP contribution is -2.15. The number of hydrogen-bond acceptors (Lipinski definition) is 5. The van der Waals surface area contributed by atoms with E-state index in [1.165, 1.54) is 21.3 Å². The molecule has 0 saturated carbocycles. The molecule has 2 aromatic carbocycles. The molecule has 0 saturated heterocycles. The van der Waals surface area contributed by atoms with Gasteiger partial charge in [-0.3, -0.25) is 4.79 Å². The molecule has 0 fully saturated rings. The zero-order valence-corrected chi connectivity index (χ0v) is 13.8. The van der Waals surface area contributed by atoms with Gasteiger partial charge in [0.15, 0.2) is 11.5 Å². The van der Waals surface area contributed by atoms with E-state index in [-0.39, 0.29) is 12.2 Å². The number of aliphatic carboxylic acids is 1. The molecule has 2 rings (SSSR count). The number of benzene rings is 2. The molecule has 0 aliphatic rings. The highest BCUT2D eigenvalue weighted by molar-refractivity contribution is 5.78. The third-order valence-electron chi connectivity index (χ3n) is 3.84. The Balaban J connectivity index is 2.43. The monoisotopic (exact) mass is 332 g/mol. The molecule has 0 amide bonds. The van der Waals surface area contributed by atoms with Gasteiger partial charge in [0.1, 0.15) is 11.5 Å². The van der Waals surface area contributed by atoms with E-state index < -0.39 is 11.9 Å². The van der Waals surface area contributed by atoms with Crippen LogP contribution in [0.15, 0.2) is 36.4 Å². The lowest BCUT2D eigenvalue weighted by Gasteiger charge is -2.18. The van der Waals surface area contributed by atoms with Crippen LogP contribution in [0.5, 0.6) is 23.0 Å². The number of carboxylic acid groups (broad SMARTS) is 1. The number of hydrogen-bond donors (Lipinski definition) is 2. The molecule has 0 heterocycles. The maximum Gasteiger partial charge on any atom is 0.311 e. The van der Waals surface area contributed by atoms with E-state index in [9.17, 15) is 15.0 Å². The summed E-state index contributed by atoms with van der Waals surface area (Å²) in [6.45, 7) is 0. The first-order valence-corrected chi connectivity index (χ1v) is 7.31. The summed E-state index contributed by atoms with van der Waals surface area (Å²) in [6, 6.07) is 9.97. The van der Waals surface area contributed by atoms with Gasteiger partial charge in [0, 0.05) is 11.6 Å². The molecular formula is C18H20O6. The van der Waals surface area contributed by atoms with Crippen LogP contribution in [-0.2, 0) is 11.2 Å². The van der Waals surface area contributed by atoms with E-state index in [2.05, 4.69) is 0 Å². The van der Waals surface area contributed by atoms with Crippen molar-refractivity contribution in [3.05, 3.63) is 47.5 Å². The van der Waals surface area contributed by atoms with Crippen LogP contribution in [0.2, 0.25) is 0 Å². The van der Waals surface area contributed by atoms with E-state index in [1.807, 2.05) is 0 Å². The lowest BCUT2D eigenvalue weighted by molar-refractivity contribution is -0.138. The molecule has 0 bridgehead atoms. The predicted molar refractivity (Wildman–Crippen MR) is 88.3 cm³/mol. The van der Waals surface area contributed by atoms with E-state index >= 15 is 0 Å². The van der Waals surface area contributed by atoms with Gasteiger partial charge < -0.3 is 24.4 Å². The highest BCUT2D eigenvalue weighted by atomic mass is 16.5. The van der Waals surface area contributed by atoms with Crippen molar-refractivity contribution in [2.75, 3.05) is 21.3 Å². The fourth-order valence-corrected chi connectivity index (χ4v) is 2.55. The SMILES string of the molecule is COc1ccc(C(Cc2cccc(OC)c2O)C(=O)O)c(OC)c1. The molecule has 0 aliphatic heterocycles. The van der Waals surface area contributed by atoms with E-state index in [4.69, 9.17) is 14.2 Å². The number of carbonyl (C=O) groups is 1. The van der Waals surface area contributed by atoms with Crippen molar-refractivity contribution in [2.24, 2.45) is 0 Å². The van der Waals surface area contributed by atoms with Crippen molar-refractivity contribution in [1.82, 2.24) is 0 Å². The highest BCUT2D eigenvalue weighted by Crippen LogP contribution is 2.36. The molecular weight excluding hydrogens is 312 g/mol. The van der Waals surface area contributed by atoms with Gasteiger partial charge in [-0.2, -0.15) is 0 Å². The fourth-order valence-electron chi connectivity index (χ4n) is 2.55. The van der Waals surface area contributed by atoms with Crippen molar-refractivity contribution < 1.29 is 29.2 Å². The second kappa shape index (κ2) is 7.59. The number of rotatable bonds is 7. The fraction of sp³-hybridized carbons (Fsp3) is 0.278. The van der Waals surface area contributed by atoms with Crippen molar-refractivity contribution in [2.45, 2.75) is 12.3 Å². The topological polar surface area (TPSA) is 85.2 Å². The van der Waals surface area contributed by atoms with Gasteiger partial charge in [-0.05, 0) is 24.1 Å². The smallest absolute Gasteiger partial charge is 0.311 e. The maximum atomic E-state index is 11.8. The van der Waals surface area contributed by atoms with Crippen LogP contribution in [0.25, 0.3) is 0 Å². The van der Waals surface area contributed by atoms with Gasteiger partial charge in [0.2, 0.25) is 0 Å². The molecule has 24 heavy (non-hydrogen) atoms. The predicted octanol–water partition coefficient (Wildman–Crippen LogP) is 2.83. The number of methoxy groups -OCH3 is 3. The average molecular weight is 332 g/mol. The summed E-state index contributed by atoms with van der Waals surface area (Å²) in [5.74, 6) is -0.658. The second-order valence-electron chi connectivity index (χ2n) is 5.17. The molecule has 1 atom stereocenters. The summed E-state index contributed by atoms with van der Waals surface area (Å²) in [5, 5.41) is 19.9. The summed E-state index contributed by atoms with van der Waals surface area (Å²) < 4.78 is 15.5. The normalized spacial score (nSPS) is 11.6. The number of phenols is 1. The first-order valence-electron chi connectivity index (χ1n) is 7.31. The first-order chi connectivity index (χ1) is 11.5. The number of phenolic OH excluding ortho intramolecular Hbond substituents is 1. The molecule has 1 unspecified atom stereocenters. The minimum absolute atomic E-state index is 0.0567. The van der Waals surface area contributed by atoms with Gasteiger partial charge in [0.25, 0.3) is 0 Å². The minimum Gasteiger partial charge on any atom is -0.504 e. The Kier molecular flexibility index (Phi) is 5.52. The summed E-state index contributed by atoms with van der Waals surface area (Å²) in [6.07, 6.45) is 0.0983. The van der Waals surface area contributed by atoms with Crippen molar-refractivity contribution in [3.8, 4) is 23.0 Å². The molecule has 0 spiro atoms. The van der Waals surface area contributed by atoms with Gasteiger partial charge >= 0.3 is 5.97 Å². The molecule has 6 nitrogen and oxygen atoms in total. The van der Waals surface area contributed by atoms with Crippen LogP contribution >= 0.6 is 0 Å². The molecule has 0 aromatic heterocycles. The quantitative estimate of drug-likeness (QED) is 0.811. The van der Waals surface area contributed by atoms with Crippen LogP contribution < -0.4 is 14.2 Å². The molecule has 128 valence electrons. The average Bonchev–Trinajstić information content (AvgIpc) is 2.60. The number of ether oxygens (including phenoxy) is 3. The molecule has 2 aromatic rings. The Morgan fingerprint density at radius 1 is 1.04 bits per heavy atom. The Labute approximate surface area is 140 Å². The zero-order chi connectivity index (χ0) is 17.7. The van der Waals surface area contributed by atoms with E-state index in [0.29, 0.717) is 28.4 Å². The number of para-hydroxylation sites is 1. The molecule has 0 aliphatic carbocycles. The zero-order valence-electron chi connectivity index (χ0n) is 13.8. The largest absolute Gasteiger partial charge is 0.504 e. The van der Waals surface area contributed by atoms with Gasteiger partial charge in [-0.15, -0.1) is 0 Å². The Bertz CT molecular complexity index is 725. The molecule has 2 N–H and O–H groups in total. The first kappa shape index (κ1) is 17.5. The van der Waals surface area contributed by atoms with Gasteiger partial charge in [-0.25, -0.2) is 0 Å². The van der Waals surface area contributed by atoms with Crippen LogP contribution in [0.1, 0.15) is 17.0 Å². The highest BCUT2D eigenvalue weighted by Gasteiger charge is 2.26. The van der Waals surface area contributed by atoms with Crippen LogP contribution in [-0.4, -0.2) is 37.5 Å². The summed E-state index contributed by atoms with van der Waals surface area (Å²) in [5.41, 5.74) is 0.993. The summed E-state index contributed by atoms with van der Waals surface area (Å²) in [4.78, 5) is 11.8. The third kappa shape index (κ3) is 3.53. The standard InChI is InChI=1S/C18H20O6/c1-22-12-7-8-13(16(10-12)24-3)14(18(20)21)9-11-5-4-6-15(23-2)17(11)19/h4-8,10,14,19H,9H2,1-3H3,(H,20,21).